The first kappa shape index (κ1) is 15.0. The molecule has 1 aromatic rings. The number of aliphatic hydroxyl groups excluding tert-OH is 1. The lowest BCUT2D eigenvalue weighted by atomic mass is 10.0. The summed E-state index contributed by atoms with van der Waals surface area (Å²) in [5, 5.41) is 22.7. The number of benzene rings is 1. The summed E-state index contributed by atoms with van der Waals surface area (Å²) in [4.78, 5) is 21.1. The number of nitro groups is 1. The lowest BCUT2D eigenvalue weighted by Crippen LogP contribution is -2.40. The predicted octanol–water partition coefficient (Wildman–Crippen LogP) is 1.49. The molecule has 0 radical (unpaired) electrons. The van der Waals surface area contributed by atoms with E-state index in [1.54, 1.807) is 0 Å². The monoisotopic (exact) mass is 270 g/mol. The van der Waals surface area contributed by atoms with Crippen molar-refractivity contribution in [3.05, 3.63) is 39.9 Å². The predicted molar refractivity (Wildman–Crippen MR) is 66.2 cm³/mol. The molecule has 0 saturated carbocycles. The first-order valence-electron chi connectivity index (χ1n) is 5.69. The van der Waals surface area contributed by atoms with Gasteiger partial charge in [-0.15, -0.1) is 0 Å². The van der Waals surface area contributed by atoms with Crippen LogP contribution in [0.25, 0.3) is 0 Å². The Balaban J connectivity index is 2.73. The van der Waals surface area contributed by atoms with Gasteiger partial charge in [0.05, 0.1) is 17.1 Å². The number of nitro benzene ring substituents is 1. The van der Waals surface area contributed by atoms with Crippen molar-refractivity contribution >= 4 is 11.6 Å². The van der Waals surface area contributed by atoms with Gasteiger partial charge in [0.2, 0.25) is 0 Å². The van der Waals surface area contributed by atoms with Crippen molar-refractivity contribution in [2.45, 2.75) is 32.2 Å². The van der Waals surface area contributed by atoms with Crippen LogP contribution in [0.5, 0.6) is 0 Å². The van der Waals surface area contributed by atoms with Crippen molar-refractivity contribution in [1.82, 2.24) is 5.32 Å². The van der Waals surface area contributed by atoms with Gasteiger partial charge in [-0.05, 0) is 31.5 Å². The van der Waals surface area contributed by atoms with Gasteiger partial charge in [-0.2, -0.15) is 0 Å². The fourth-order valence-corrected chi connectivity index (χ4v) is 1.50. The molecule has 1 aromatic carbocycles. The molecule has 0 spiro atoms. The highest BCUT2D eigenvalue weighted by atomic mass is 19.1. The Kier molecular flexibility index (Phi) is 4.94. The van der Waals surface area contributed by atoms with Crippen LogP contribution in [-0.4, -0.2) is 28.2 Å². The molecule has 3 atom stereocenters. The Hall–Kier alpha value is -2.02. The molecule has 2 unspecified atom stereocenters. The van der Waals surface area contributed by atoms with Crippen LogP contribution in [0.15, 0.2) is 24.3 Å². The van der Waals surface area contributed by atoms with E-state index in [-0.39, 0.29) is 5.69 Å². The second kappa shape index (κ2) is 6.24. The highest BCUT2D eigenvalue weighted by molar-refractivity contribution is 5.80. The third-order valence-electron chi connectivity index (χ3n) is 2.65. The van der Waals surface area contributed by atoms with Crippen LogP contribution >= 0.6 is 0 Å². The number of carbonyl (C=O) groups excluding carboxylic acids is 1. The second-order valence-electron chi connectivity index (χ2n) is 4.21. The number of hydrogen-bond acceptors (Lipinski definition) is 4. The number of aliphatic hydroxyl groups is 1. The number of carbonyl (C=O) groups is 1. The maximum absolute atomic E-state index is 12.7. The molecule has 0 aliphatic heterocycles. The molecule has 1 amide bonds. The Labute approximate surface area is 109 Å². The van der Waals surface area contributed by atoms with Crippen LogP contribution in [0.3, 0.4) is 0 Å². The van der Waals surface area contributed by atoms with Crippen molar-refractivity contribution in [3.8, 4) is 0 Å². The third-order valence-corrected chi connectivity index (χ3v) is 2.65. The zero-order chi connectivity index (χ0) is 14.6. The number of nitrogens with zero attached hydrogens (tertiary/aromatic N) is 1. The molecule has 1 rings (SSSR count). The van der Waals surface area contributed by atoms with Gasteiger partial charge in [-0.3, -0.25) is 14.9 Å². The lowest BCUT2D eigenvalue weighted by Gasteiger charge is -2.20. The van der Waals surface area contributed by atoms with E-state index in [2.05, 4.69) is 5.32 Å². The number of non-ortho nitro benzene ring substituents is 1. The number of hydrogen-bond donors (Lipinski definition) is 2. The van der Waals surface area contributed by atoms with Crippen LogP contribution in [0.4, 0.5) is 10.1 Å². The standard InChI is InChI=1S/C12H15FN2O4/c1-7(13)12(17)14-8(2)11(16)9-3-5-10(6-4-9)15(18)19/h3-8,11,16H,1-2H3,(H,14,17)/t7?,8-,11?/m1/s1. The summed E-state index contributed by atoms with van der Waals surface area (Å²) in [6.07, 6.45) is -2.73. The van der Waals surface area contributed by atoms with Crippen molar-refractivity contribution in [2.75, 3.05) is 0 Å². The first-order chi connectivity index (χ1) is 8.82. The zero-order valence-corrected chi connectivity index (χ0v) is 10.5. The summed E-state index contributed by atoms with van der Waals surface area (Å²) in [6, 6.07) is 4.59. The fourth-order valence-electron chi connectivity index (χ4n) is 1.50. The maximum atomic E-state index is 12.7. The van der Waals surface area contributed by atoms with Crippen LogP contribution in [-0.2, 0) is 4.79 Å². The molecular formula is C12H15FN2O4. The molecule has 19 heavy (non-hydrogen) atoms. The lowest BCUT2D eigenvalue weighted by molar-refractivity contribution is -0.384. The van der Waals surface area contributed by atoms with Gasteiger partial charge in [0, 0.05) is 12.1 Å². The van der Waals surface area contributed by atoms with E-state index >= 15 is 0 Å². The highest BCUT2D eigenvalue weighted by Crippen LogP contribution is 2.20. The number of nitrogens with one attached hydrogen (secondary N) is 1. The summed E-state index contributed by atoms with van der Waals surface area (Å²) >= 11 is 0. The SMILES string of the molecule is CC(F)C(=O)N[C@H](C)C(O)c1ccc([N+](=O)[O-])cc1. The van der Waals surface area contributed by atoms with Crippen molar-refractivity contribution in [1.29, 1.82) is 0 Å². The molecule has 0 fully saturated rings. The normalized spacial score (nSPS) is 15.4. The molecule has 0 heterocycles. The van der Waals surface area contributed by atoms with Gasteiger partial charge >= 0.3 is 0 Å². The Morgan fingerprint density at radius 2 is 1.89 bits per heavy atom. The molecule has 2 N–H and O–H groups in total. The maximum Gasteiger partial charge on any atom is 0.269 e. The fraction of sp³-hybridized carbons (Fsp3) is 0.417. The average molecular weight is 270 g/mol. The number of amides is 1. The Morgan fingerprint density at radius 1 is 1.37 bits per heavy atom. The molecule has 0 aromatic heterocycles. The molecule has 0 aliphatic carbocycles. The van der Waals surface area contributed by atoms with E-state index in [0.29, 0.717) is 5.56 Å². The van der Waals surface area contributed by atoms with E-state index in [1.165, 1.54) is 31.2 Å². The summed E-state index contributed by atoms with van der Waals surface area (Å²) in [5.74, 6) is -0.812. The van der Waals surface area contributed by atoms with E-state index in [0.717, 1.165) is 6.92 Å². The first-order valence-corrected chi connectivity index (χ1v) is 5.69. The van der Waals surface area contributed by atoms with Gasteiger partial charge in [-0.1, -0.05) is 0 Å². The van der Waals surface area contributed by atoms with Gasteiger partial charge in [0.1, 0.15) is 0 Å². The van der Waals surface area contributed by atoms with Crippen LogP contribution in [0.2, 0.25) is 0 Å². The van der Waals surface area contributed by atoms with Crippen molar-refractivity contribution in [3.63, 3.8) is 0 Å². The summed E-state index contributed by atoms with van der Waals surface area (Å²) < 4.78 is 12.7. The number of alkyl halides is 1. The van der Waals surface area contributed by atoms with E-state index in [9.17, 15) is 24.4 Å². The minimum atomic E-state index is -1.66. The minimum absolute atomic E-state index is 0.0926. The van der Waals surface area contributed by atoms with Crippen molar-refractivity contribution in [2.24, 2.45) is 0 Å². The molecule has 7 heteroatoms. The smallest absolute Gasteiger partial charge is 0.269 e. The van der Waals surface area contributed by atoms with E-state index < -0.39 is 29.1 Å². The van der Waals surface area contributed by atoms with E-state index in [1.807, 2.05) is 0 Å². The van der Waals surface area contributed by atoms with Gasteiger partial charge < -0.3 is 10.4 Å². The largest absolute Gasteiger partial charge is 0.386 e. The molecule has 104 valence electrons. The average Bonchev–Trinajstić information content (AvgIpc) is 2.37. The quantitative estimate of drug-likeness (QED) is 0.626. The third kappa shape index (κ3) is 3.99. The molecule has 0 aliphatic rings. The van der Waals surface area contributed by atoms with Gasteiger partial charge in [0.25, 0.3) is 11.6 Å². The Bertz CT molecular complexity index is 461. The topological polar surface area (TPSA) is 92.5 Å². The van der Waals surface area contributed by atoms with Crippen LogP contribution in [0, 0.1) is 10.1 Å². The van der Waals surface area contributed by atoms with E-state index in [4.69, 9.17) is 0 Å². The number of halogens is 1. The molecule has 0 saturated heterocycles. The molecule has 6 nitrogen and oxygen atoms in total. The van der Waals surface area contributed by atoms with Gasteiger partial charge in [0.15, 0.2) is 6.17 Å². The molecule has 0 bridgehead atoms. The van der Waals surface area contributed by atoms with Gasteiger partial charge in [-0.25, -0.2) is 4.39 Å². The summed E-state index contributed by atoms with van der Waals surface area (Å²) in [7, 11) is 0. The minimum Gasteiger partial charge on any atom is -0.386 e. The summed E-state index contributed by atoms with van der Waals surface area (Å²) in [5.41, 5.74) is 0.315. The van der Waals surface area contributed by atoms with Crippen LogP contribution in [0.1, 0.15) is 25.5 Å². The highest BCUT2D eigenvalue weighted by Gasteiger charge is 2.21. The second-order valence-corrected chi connectivity index (χ2v) is 4.21. The van der Waals surface area contributed by atoms with Crippen LogP contribution < -0.4 is 5.32 Å². The van der Waals surface area contributed by atoms with Crippen molar-refractivity contribution < 1.29 is 19.2 Å². The zero-order valence-electron chi connectivity index (χ0n) is 10.5. The molecular weight excluding hydrogens is 255 g/mol. The Morgan fingerprint density at radius 3 is 2.32 bits per heavy atom. The number of rotatable bonds is 5. The summed E-state index contributed by atoms with van der Waals surface area (Å²) in [6.45, 7) is 2.62.